The molecular weight excluding hydrogens is 258 g/mol. The van der Waals surface area contributed by atoms with Gasteiger partial charge in [-0.3, -0.25) is 0 Å². The van der Waals surface area contributed by atoms with Gasteiger partial charge >= 0.3 is 0 Å². The molecule has 0 saturated carbocycles. The average Bonchev–Trinajstić information content (AvgIpc) is 2.80. The number of nitrogens with two attached hydrogens (primary N) is 1. The number of rotatable bonds is 2. The van der Waals surface area contributed by atoms with Crippen molar-refractivity contribution >= 4 is 11.6 Å². The third-order valence-electron chi connectivity index (χ3n) is 3.74. The molecule has 1 aliphatic carbocycles. The highest BCUT2D eigenvalue weighted by atomic mass is 35.5. The lowest BCUT2D eigenvalue weighted by atomic mass is 9.99. The molecule has 0 heterocycles. The zero-order valence-corrected chi connectivity index (χ0v) is 11.6. The Morgan fingerprint density at radius 1 is 1.21 bits per heavy atom. The van der Waals surface area contributed by atoms with Gasteiger partial charge in [-0.1, -0.05) is 29.8 Å². The first kappa shape index (κ1) is 12.5. The van der Waals surface area contributed by atoms with E-state index in [0.29, 0.717) is 5.02 Å². The summed E-state index contributed by atoms with van der Waals surface area (Å²) in [7, 11) is 1.68. The largest absolute Gasteiger partial charge is 0.496 e. The molecule has 1 unspecified atom stereocenters. The van der Waals surface area contributed by atoms with E-state index in [1.54, 1.807) is 7.11 Å². The number of methoxy groups -OCH3 is 1. The number of benzene rings is 2. The molecule has 0 amide bonds. The fourth-order valence-electron chi connectivity index (χ4n) is 2.72. The predicted octanol–water partition coefficient (Wildman–Crippen LogP) is 3.96. The smallest absolute Gasteiger partial charge is 0.126 e. The summed E-state index contributed by atoms with van der Waals surface area (Å²) in [5, 5.41) is 0.716. The van der Waals surface area contributed by atoms with E-state index in [1.807, 2.05) is 18.2 Å². The Morgan fingerprint density at radius 2 is 2.05 bits per heavy atom. The van der Waals surface area contributed by atoms with Gasteiger partial charge in [0, 0.05) is 16.6 Å². The lowest BCUT2D eigenvalue weighted by Crippen LogP contribution is -2.04. The minimum atomic E-state index is 0.185. The van der Waals surface area contributed by atoms with Gasteiger partial charge in [-0.15, -0.1) is 0 Å². The van der Waals surface area contributed by atoms with Crippen molar-refractivity contribution in [3.05, 3.63) is 52.5 Å². The Kier molecular flexibility index (Phi) is 3.21. The van der Waals surface area contributed by atoms with Crippen LogP contribution >= 0.6 is 11.6 Å². The van der Waals surface area contributed by atoms with Crippen molar-refractivity contribution < 1.29 is 4.74 Å². The fraction of sp³-hybridized carbons (Fsp3) is 0.250. The van der Waals surface area contributed by atoms with Crippen LogP contribution < -0.4 is 10.5 Å². The maximum Gasteiger partial charge on any atom is 0.126 e. The highest BCUT2D eigenvalue weighted by Crippen LogP contribution is 2.37. The normalized spacial score (nSPS) is 17.3. The van der Waals surface area contributed by atoms with E-state index < -0.39 is 0 Å². The molecule has 2 nitrogen and oxygen atoms in total. The summed E-state index contributed by atoms with van der Waals surface area (Å²) in [6.07, 6.45) is 2.08. The van der Waals surface area contributed by atoms with Gasteiger partial charge in [0.05, 0.1) is 7.11 Å². The summed E-state index contributed by atoms with van der Waals surface area (Å²) in [6.45, 7) is 0. The van der Waals surface area contributed by atoms with Crippen molar-refractivity contribution in [2.24, 2.45) is 5.73 Å². The van der Waals surface area contributed by atoms with Crippen molar-refractivity contribution in [1.29, 1.82) is 0 Å². The van der Waals surface area contributed by atoms with Gasteiger partial charge in [0.1, 0.15) is 5.75 Å². The summed E-state index contributed by atoms with van der Waals surface area (Å²) in [5.41, 5.74) is 10.8. The van der Waals surface area contributed by atoms with E-state index >= 15 is 0 Å². The summed E-state index contributed by atoms with van der Waals surface area (Å²) in [4.78, 5) is 0. The Hall–Kier alpha value is -1.51. The lowest BCUT2D eigenvalue weighted by Gasteiger charge is -2.11. The molecule has 1 atom stereocenters. The Morgan fingerprint density at radius 3 is 2.84 bits per heavy atom. The molecule has 0 aromatic heterocycles. The van der Waals surface area contributed by atoms with Gasteiger partial charge in [-0.05, 0) is 47.7 Å². The number of fused-ring (bicyclic) bond motifs is 1. The third-order valence-corrected chi connectivity index (χ3v) is 3.97. The van der Waals surface area contributed by atoms with Crippen LogP contribution in [0.4, 0.5) is 0 Å². The van der Waals surface area contributed by atoms with Gasteiger partial charge in [0.25, 0.3) is 0 Å². The molecule has 1 aliphatic rings. The van der Waals surface area contributed by atoms with Gasteiger partial charge in [-0.2, -0.15) is 0 Å². The van der Waals surface area contributed by atoms with Crippen molar-refractivity contribution in [1.82, 2.24) is 0 Å². The number of halogens is 1. The topological polar surface area (TPSA) is 35.2 Å². The molecule has 0 radical (unpaired) electrons. The van der Waals surface area contributed by atoms with Crippen LogP contribution in [0.25, 0.3) is 11.1 Å². The van der Waals surface area contributed by atoms with E-state index in [2.05, 4.69) is 18.2 Å². The standard InChI is InChI=1S/C16H16ClNO/c1-19-16-7-4-12(17)9-14(16)11-2-5-13-10(8-11)3-6-15(13)18/h2,4-5,7-9,15H,3,6,18H2,1H3. The van der Waals surface area contributed by atoms with Crippen LogP contribution in [0, 0.1) is 0 Å². The van der Waals surface area contributed by atoms with Crippen LogP contribution in [-0.4, -0.2) is 7.11 Å². The van der Waals surface area contributed by atoms with Crippen LogP contribution in [0.15, 0.2) is 36.4 Å². The predicted molar refractivity (Wildman–Crippen MR) is 78.7 cm³/mol. The van der Waals surface area contributed by atoms with Gasteiger partial charge < -0.3 is 10.5 Å². The summed E-state index contributed by atoms with van der Waals surface area (Å²) >= 11 is 6.09. The average molecular weight is 274 g/mol. The van der Waals surface area contributed by atoms with Gasteiger partial charge in [0.15, 0.2) is 0 Å². The summed E-state index contributed by atoms with van der Waals surface area (Å²) in [5.74, 6) is 0.839. The molecule has 3 heteroatoms. The van der Waals surface area contributed by atoms with Gasteiger partial charge in [-0.25, -0.2) is 0 Å². The first-order valence-electron chi connectivity index (χ1n) is 6.41. The zero-order chi connectivity index (χ0) is 13.4. The fourth-order valence-corrected chi connectivity index (χ4v) is 2.90. The van der Waals surface area contributed by atoms with Crippen molar-refractivity contribution in [2.75, 3.05) is 7.11 Å². The third kappa shape index (κ3) is 2.22. The number of ether oxygens (including phenoxy) is 1. The van der Waals surface area contributed by atoms with Crippen LogP contribution in [0.3, 0.4) is 0 Å². The van der Waals surface area contributed by atoms with Crippen molar-refractivity contribution in [3.63, 3.8) is 0 Å². The Balaban J connectivity index is 2.10. The van der Waals surface area contributed by atoms with Crippen LogP contribution in [-0.2, 0) is 6.42 Å². The molecule has 0 aliphatic heterocycles. The number of hydrogen-bond acceptors (Lipinski definition) is 2. The summed E-state index contributed by atoms with van der Waals surface area (Å²) < 4.78 is 5.41. The number of aryl methyl sites for hydroxylation is 1. The van der Waals surface area contributed by atoms with Gasteiger partial charge in [0.2, 0.25) is 0 Å². The molecule has 0 saturated heterocycles. The monoisotopic (exact) mass is 273 g/mol. The second-order valence-electron chi connectivity index (χ2n) is 4.90. The maximum atomic E-state index is 6.09. The summed E-state index contributed by atoms with van der Waals surface area (Å²) in [6, 6.07) is 12.3. The highest BCUT2D eigenvalue weighted by Gasteiger charge is 2.19. The van der Waals surface area contributed by atoms with E-state index in [1.165, 1.54) is 11.1 Å². The Labute approximate surface area is 118 Å². The molecule has 2 N–H and O–H groups in total. The molecular formula is C16H16ClNO. The zero-order valence-electron chi connectivity index (χ0n) is 10.8. The lowest BCUT2D eigenvalue weighted by molar-refractivity contribution is 0.416. The molecule has 98 valence electrons. The molecule has 0 bridgehead atoms. The molecule has 0 fully saturated rings. The van der Waals surface area contributed by atoms with Crippen LogP contribution in [0.2, 0.25) is 5.02 Å². The molecule has 3 rings (SSSR count). The minimum Gasteiger partial charge on any atom is -0.496 e. The SMILES string of the molecule is COc1ccc(Cl)cc1-c1ccc2c(c1)CCC2N. The van der Waals surface area contributed by atoms with E-state index in [0.717, 1.165) is 29.7 Å². The second kappa shape index (κ2) is 4.87. The molecule has 19 heavy (non-hydrogen) atoms. The second-order valence-corrected chi connectivity index (χ2v) is 5.34. The van der Waals surface area contributed by atoms with Crippen LogP contribution in [0.5, 0.6) is 5.75 Å². The highest BCUT2D eigenvalue weighted by molar-refractivity contribution is 6.31. The van der Waals surface area contributed by atoms with Crippen LogP contribution in [0.1, 0.15) is 23.6 Å². The number of hydrogen-bond donors (Lipinski definition) is 1. The first-order valence-corrected chi connectivity index (χ1v) is 6.79. The van der Waals surface area contributed by atoms with Crippen molar-refractivity contribution in [3.8, 4) is 16.9 Å². The van der Waals surface area contributed by atoms with E-state index in [9.17, 15) is 0 Å². The molecule has 2 aromatic rings. The van der Waals surface area contributed by atoms with E-state index in [4.69, 9.17) is 22.1 Å². The quantitative estimate of drug-likeness (QED) is 0.899. The first-order chi connectivity index (χ1) is 9.19. The van der Waals surface area contributed by atoms with E-state index in [-0.39, 0.29) is 6.04 Å². The maximum absolute atomic E-state index is 6.09. The minimum absolute atomic E-state index is 0.185. The Bertz CT molecular complexity index is 624. The molecule has 0 spiro atoms. The molecule has 2 aromatic carbocycles. The van der Waals surface area contributed by atoms with Crippen molar-refractivity contribution in [2.45, 2.75) is 18.9 Å².